The highest BCUT2D eigenvalue weighted by Crippen LogP contribution is 2.42. The van der Waals surface area contributed by atoms with Crippen LogP contribution in [0.5, 0.6) is 0 Å². The number of fused-ring (bicyclic) bond motifs is 6. The van der Waals surface area contributed by atoms with Gasteiger partial charge in [0.1, 0.15) is 11.6 Å². The van der Waals surface area contributed by atoms with E-state index in [1.807, 2.05) is 109 Å². The van der Waals surface area contributed by atoms with Crippen molar-refractivity contribution in [3.8, 4) is 86.5 Å². The van der Waals surface area contributed by atoms with Crippen molar-refractivity contribution in [3.05, 3.63) is 210 Å². The number of hydrogen-bond acceptors (Lipinski definition) is 6. The lowest BCUT2D eigenvalue weighted by Gasteiger charge is -2.19. The molecule has 0 aliphatic carbocycles. The summed E-state index contributed by atoms with van der Waals surface area (Å²) in [6.07, 6.45) is 0. The van der Waals surface area contributed by atoms with E-state index in [1.54, 1.807) is 24.3 Å². The average Bonchev–Trinajstić information content (AvgIpc) is 3.90. The number of hydrogen-bond donors (Lipinski definition) is 0. The lowest BCUT2D eigenvalue weighted by molar-refractivity contribution is 1.12. The van der Waals surface area contributed by atoms with Crippen molar-refractivity contribution in [2.75, 3.05) is 0 Å². The largest absolute Gasteiger partial charge is 0.308 e. The van der Waals surface area contributed by atoms with Crippen LogP contribution in [0.4, 0.5) is 0 Å². The third kappa shape index (κ3) is 6.22. The Hall–Kier alpha value is -10.0. The van der Waals surface area contributed by atoms with Gasteiger partial charge in [0, 0.05) is 32.7 Å². The molecule has 0 amide bonds. The number of nitriles is 5. The first-order chi connectivity index (χ1) is 32.5. The second-order valence-electron chi connectivity index (χ2n) is 15.9. The maximum absolute atomic E-state index is 11.6. The van der Waals surface area contributed by atoms with Gasteiger partial charge in [0.15, 0.2) is 0 Å². The van der Waals surface area contributed by atoms with Gasteiger partial charge in [0.25, 0.3) is 0 Å². The maximum atomic E-state index is 11.6. The molecule has 0 saturated carbocycles. The van der Waals surface area contributed by atoms with Crippen molar-refractivity contribution in [1.29, 1.82) is 26.3 Å². The standard InChI is InChI=1S/C58H30N8/c59-31-36-17-21-44(42(25-36)33-61)39-19-23-48-46-11-4-6-15-53(46)65(55(48)27-39)57-29-41(52-14-8-13-51(64-52)38-9-2-1-3-10-38)30-58(50(57)35-63)66-54-16-7-5-12-47(54)49-24-20-40(28-56(49)66)45-22-18-37(32-60)26-43(45)34-62/h1-30H. The van der Waals surface area contributed by atoms with Gasteiger partial charge in [0.2, 0.25) is 0 Å². The molecule has 66 heavy (non-hydrogen) atoms. The van der Waals surface area contributed by atoms with Crippen LogP contribution in [0, 0.1) is 56.7 Å². The fraction of sp³-hybridized carbons (Fsp3) is 0. The highest BCUT2D eigenvalue weighted by atomic mass is 15.0. The fourth-order valence-electron chi connectivity index (χ4n) is 9.30. The minimum absolute atomic E-state index is 0.385. The molecule has 0 aliphatic rings. The predicted molar refractivity (Wildman–Crippen MR) is 258 cm³/mol. The number of pyridine rings is 1. The second kappa shape index (κ2) is 15.7. The van der Waals surface area contributed by atoms with E-state index in [2.05, 4.69) is 88.0 Å². The summed E-state index contributed by atoms with van der Waals surface area (Å²) in [6, 6.07) is 70.3. The third-order valence-corrected chi connectivity index (χ3v) is 12.3. The molecule has 3 aromatic heterocycles. The van der Waals surface area contributed by atoms with E-state index in [9.17, 15) is 26.3 Å². The van der Waals surface area contributed by atoms with E-state index in [1.165, 1.54) is 0 Å². The smallest absolute Gasteiger partial charge is 0.104 e. The number of para-hydroxylation sites is 2. The number of aromatic nitrogens is 3. The molecule has 0 spiro atoms. The van der Waals surface area contributed by atoms with Gasteiger partial charge in [-0.2, -0.15) is 26.3 Å². The van der Waals surface area contributed by atoms with E-state index >= 15 is 0 Å². The maximum Gasteiger partial charge on any atom is 0.104 e. The van der Waals surface area contributed by atoms with E-state index in [4.69, 9.17) is 4.98 Å². The molecule has 11 rings (SSSR count). The van der Waals surface area contributed by atoms with Gasteiger partial charge >= 0.3 is 0 Å². The van der Waals surface area contributed by atoms with Crippen LogP contribution in [0.25, 0.3) is 99.8 Å². The number of benzene rings is 8. The Kier molecular flexibility index (Phi) is 9.24. The molecule has 0 N–H and O–H groups in total. The Bertz CT molecular complexity index is 3850. The van der Waals surface area contributed by atoms with Crippen molar-refractivity contribution < 1.29 is 0 Å². The highest BCUT2D eigenvalue weighted by molar-refractivity contribution is 6.12. The SMILES string of the molecule is N#Cc1ccc(-c2ccc3c4ccccc4n(-c4cc(-c5cccc(-c6ccccc6)n5)cc(-n5c6ccccc6c6ccc(-c7ccc(C#N)cc7C#N)cc65)c4C#N)c3c2)c(C#N)c1. The topological polar surface area (TPSA) is 142 Å². The number of rotatable bonds is 6. The van der Waals surface area contributed by atoms with Crippen LogP contribution >= 0.6 is 0 Å². The first-order valence-corrected chi connectivity index (χ1v) is 21.1. The molecular weight excluding hydrogens is 809 g/mol. The Morgan fingerprint density at radius 2 is 0.803 bits per heavy atom. The Labute approximate surface area is 378 Å². The minimum Gasteiger partial charge on any atom is -0.308 e. The quantitative estimate of drug-likeness (QED) is 0.163. The monoisotopic (exact) mass is 838 g/mol. The van der Waals surface area contributed by atoms with Crippen molar-refractivity contribution in [3.63, 3.8) is 0 Å². The molecule has 11 aromatic rings. The molecule has 0 unspecified atom stereocenters. The third-order valence-electron chi connectivity index (χ3n) is 12.3. The second-order valence-corrected chi connectivity index (χ2v) is 15.9. The Morgan fingerprint density at radius 3 is 1.29 bits per heavy atom. The zero-order valence-electron chi connectivity index (χ0n) is 34.9. The molecule has 0 bridgehead atoms. The highest BCUT2D eigenvalue weighted by Gasteiger charge is 2.24. The molecule has 0 atom stereocenters. The van der Waals surface area contributed by atoms with Crippen LogP contribution in [0.1, 0.15) is 27.8 Å². The minimum atomic E-state index is 0.385. The molecule has 0 aliphatic heterocycles. The van der Waals surface area contributed by atoms with Crippen LogP contribution < -0.4 is 0 Å². The predicted octanol–water partition coefficient (Wildman–Crippen LogP) is 13.3. The van der Waals surface area contributed by atoms with Gasteiger partial charge in [-0.15, -0.1) is 0 Å². The molecular formula is C58H30N8. The molecule has 302 valence electrons. The van der Waals surface area contributed by atoms with Crippen molar-refractivity contribution >= 4 is 43.6 Å². The molecule has 0 fully saturated rings. The van der Waals surface area contributed by atoms with Crippen molar-refractivity contribution in [1.82, 2.24) is 14.1 Å². The Balaban J connectivity index is 1.25. The summed E-state index contributed by atoms with van der Waals surface area (Å²) in [5.41, 5.74) is 12.8. The zero-order valence-corrected chi connectivity index (χ0v) is 34.9. The van der Waals surface area contributed by atoms with Crippen LogP contribution in [0.3, 0.4) is 0 Å². The van der Waals surface area contributed by atoms with Crippen molar-refractivity contribution in [2.24, 2.45) is 0 Å². The fourth-order valence-corrected chi connectivity index (χ4v) is 9.30. The summed E-state index contributed by atoms with van der Waals surface area (Å²) in [6.45, 7) is 0. The summed E-state index contributed by atoms with van der Waals surface area (Å²) in [5.74, 6) is 0. The molecule has 0 radical (unpaired) electrons. The average molecular weight is 839 g/mol. The number of nitrogens with zero attached hydrogens (tertiary/aromatic N) is 8. The molecule has 8 heteroatoms. The summed E-state index contributed by atoms with van der Waals surface area (Å²) in [5, 5.41) is 55.2. The van der Waals surface area contributed by atoms with Crippen LogP contribution in [-0.2, 0) is 0 Å². The molecule has 8 aromatic carbocycles. The summed E-state index contributed by atoms with van der Waals surface area (Å²) in [7, 11) is 0. The van der Waals surface area contributed by atoms with Gasteiger partial charge < -0.3 is 9.13 Å². The van der Waals surface area contributed by atoms with Gasteiger partial charge in [-0.3, -0.25) is 0 Å². The van der Waals surface area contributed by atoms with E-state index < -0.39 is 0 Å². The molecule has 0 saturated heterocycles. The first kappa shape index (κ1) is 38.9. The summed E-state index contributed by atoms with van der Waals surface area (Å²) < 4.78 is 4.26. The van der Waals surface area contributed by atoms with Gasteiger partial charge in [-0.25, -0.2) is 4.98 Å². The zero-order chi connectivity index (χ0) is 44.9. The van der Waals surface area contributed by atoms with E-state index in [0.717, 1.165) is 71.6 Å². The van der Waals surface area contributed by atoms with E-state index in [-0.39, 0.29) is 0 Å². The van der Waals surface area contributed by atoms with Crippen molar-refractivity contribution in [2.45, 2.75) is 0 Å². The lowest BCUT2D eigenvalue weighted by Crippen LogP contribution is -2.06. The molecule has 3 heterocycles. The van der Waals surface area contributed by atoms with Crippen LogP contribution in [-0.4, -0.2) is 14.1 Å². The van der Waals surface area contributed by atoms with Gasteiger partial charge in [-0.05, 0) is 95.1 Å². The van der Waals surface area contributed by atoms with Gasteiger partial charge in [-0.1, -0.05) is 109 Å². The Morgan fingerprint density at radius 1 is 0.333 bits per heavy atom. The lowest BCUT2D eigenvalue weighted by atomic mass is 9.97. The summed E-state index contributed by atoms with van der Waals surface area (Å²) >= 11 is 0. The normalized spacial score (nSPS) is 11.0. The van der Waals surface area contributed by atoms with Crippen LogP contribution in [0.15, 0.2) is 182 Å². The summed E-state index contributed by atoms with van der Waals surface area (Å²) in [4.78, 5) is 5.23. The van der Waals surface area contributed by atoms with Gasteiger partial charge in [0.05, 0.1) is 91.4 Å². The first-order valence-electron chi connectivity index (χ1n) is 21.1. The van der Waals surface area contributed by atoms with E-state index in [0.29, 0.717) is 56.0 Å². The molecule has 8 nitrogen and oxygen atoms in total. The van der Waals surface area contributed by atoms with Crippen LogP contribution in [0.2, 0.25) is 0 Å².